The number of aryl methyl sites for hydroxylation is 1. The molecule has 2 aromatic rings. The van der Waals surface area contributed by atoms with Gasteiger partial charge in [0, 0.05) is 37.5 Å². The number of carbonyl (C=O) groups is 2. The third-order valence-corrected chi connectivity index (χ3v) is 3.70. The summed E-state index contributed by atoms with van der Waals surface area (Å²) in [5, 5.41) is 6.61. The van der Waals surface area contributed by atoms with Crippen molar-refractivity contribution in [1.82, 2.24) is 9.78 Å². The first-order valence-electron chi connectivity index (χ1n) is 7.31. The Hall–Kier alpha value is -2.96. The van der Waals surface area contributed by atoms with Crippen molar-refractivity contribution in [2.45, 2.75) is 12.8 Å². The van der Waals surface area contributed by atoms with Crippen molar-refractivity contribution in [3.8, 4) is 0 Å². The second-order valence-electron chi connectivity index (χ2n) is 5.33. The Morgan fingerprint density at radius 3 is 2.48 bits per heavy atom. The van der Waals surface area contributed by atoms with E-state index >= 15 is 0 Å². The summed E-state index contributed by atoms with van der Waals surface area (Å²) in [5.41, 5.74) is 1.30. The Morgan fingerprint density at radius 1 is 1.13 bits per heavy atom. The Kier molecular flexibility index (Phi) is 3.92. The molecule has 0 radical (unpaired) electrons. The Bertz CT molecular complexity index is 811. The molecule has 0 spiro atoms. The molecule has 1 saturated heterocycles. The lowest BCUT2D eigenvalue weighted by molar-refractivity contribution is -0.117. The molecule has 1 aromatic carbocycles. The minimum atomic E-state index is -0.398. The molecule has 0 bridgehead atoms. The lowest BCUT2D eigenvalue weighted by atomic mass is 10.2. The number of rotatable bonds is 3. The maximum Gasteiger partial charge on any atom is 0.276 e. The Balaban J connectivity index is 1.72. The zero-order valence-corrected chi connectivity index (χ0v) is 12.7. The van der Waals surface area contributed by atoms with Gasteiger partial charge in [-0.3, -0.25) is 14.4 Å². The number of benzene rings is 1. The van der Waals surface area contributed by atoms with Crippen LogP contribution in [0.25, 0.3) is 0 Å². The molecule has 1 fully saturated rings. The van der Waals surface area contributed by atoms with Gasteiger partial charge in [-0.15, -0.1) is 0 Å². The van der Waals surface area contributed by atoms with E-state index in [2.05, 4.69) is 10.4 Å². The fraction of sp³-hybridized carbons (Fsp3) is 0.250. The van der Waals surface area contributed by atoms with Gasteiger partial charge in [-0.1, -0.05) is 0 Å². The Morgan fingerprint density at radius 2 is 1.87 bits per heavy atom. The molecule has 0 unspecified atom stereocenters. The van der Waals surface area contributed by atoms with E-state index in [1.165, 1.54) is 19.2 Å². The molecule has 0 aliphatic carbocycles. The molecule has 118 valence electrons. The van der Waals surface area contributed by atoms with Crippen LogP contribution in [0.15, 0.2) is 41.2 Å². The van der Waals surface area contributed by atoms with E-state index in [4.69, 9.17) is 0 Å². The Labute approximate surface area is 132 Å². The molecular weight excluding hydrogens is 296 g/mol. The summed E-state index contributed by atoms with van der Waals surface area (Å²) in [4.78, 5) is 36.8. The van der Waals surface area contributed by atoms with Crippen molar-refractivity contribution in [2.75, 3.05) is 16.8 Å². The number of anilines is 2. The third kappa shape index (κ3) is 3.13. The van der Waals surface area contributed by atoms with E-state index in [0.29, 0.717) is 12.1 Å². The summed E-state index contributed by atoms with van der Waals surface area (Å²) in [6, 6.07) is 9.75. The molecular formula is C16H16N4O3. The van der Waals surface area contributed by atoms with Crippen LogP contribution in [0.5, 0.6) is 0 Å². The molecule has 1 N–H and O–H groups in total. The summed E-state index contributed by atoms with van der Waals surface area (Å²) in [6.45, 7) is 0.729. The highest BCUT2D eigenvalue weighted by molar-refractivity contribution is 6.03. The quantitative estimate of drug-likeness (QED) is 0.921. The SMILES string of the molecule is Cn1nc(C(=O)Nc2ccc(N3CCCC3=O)cc2)ccc1=O. The molecule has 7 heteroatoms. The highest BCUT2D eigenvalue weighted by Crippen LogP contribution is 2.23. The molecule has 1 aliphatic rings. The highest BCUT2D eigenvalue weighted by Gasteiger charge is 2.21. The van der Waals surface area contributed by atoms with Crippen molar-refractivity contribution >= 4 is 23.2 Å². The largest absolute Gasteiger partial charge is 0.321 e. The summed E-state index contributed by atoms with van der Waals surface area (Å²) in [5.74, 6) is -0.276. The lowest BCUT2D eigenvalue weighted by Gasteiger charge is -2.16. The minimum Gasteiger partial charge on any atom is -0.321 e. The highest BCUT2D eigenvalue weighted by atomic mass is 16.2. The molecule has 0 atom stereocenters. The molecule has 1 aliphatic heterocycles. The summed E-state index contributed by atoms with van der Waals surface area (Å²) in [7, 11) is 1.49. The van der Waals surface area contributed by atoms with Crippen LogP contribution in [0.3, 0.4) is 0 Å². The first-order valence-corrected chi connectivity index (χ1v) is 7.31. The second-order valence-corrected chi connectivity index (χ2v) is 5.33. The van der Waals surface area contributed by atoms with Crippen molar-refractivity contribution in [3.63, 3.8) is 0 Å². The summed E-state index contributed by atoms with van der Waals surface area (Å²) in [6.07, 6.45) is 1.45. The average molecular weight is 312 g/mol. The zero-order chi connectivity index (χ0) is 16.4. The predicted octanol–water partition coefficient (Wildman–Crippen LogP) is 1.16. The number of amides is 2. The number of nitrogens with one attached hydrogen (secondary N) is 1. The number of hydrogen-bond donors (Lipinski definition) is 1. The maximum atomic E-state index is 12.1. The van der Waals surface area contributed by atoms with Crippen LogP contribution in [0.4, 0.5) is 11.4 Å². The number of nitrogens with zero attached hydrogens (tertiary/aromatic N) is 3. The zero-order valence-electron chi connectivity index (χ0n) is 12.7. The van der Waals surface area contributed by atoms with Crippen molar-refractivity contribution in [1.29, 1.82) is 0 Å². The van der Waals surface area contributed by atoms with Gasteiger partial charge in [-0.25, -0.2) is 4.68 Å². The van der Waals surface area contributed by atoms with E-state index < -0.39 is 5.91 Å². The summed E-state index contributed by atoms with van der Waals surface area (Å²) < 4.78 is 1.11. The van der Waals surface area contributed by atoms with E-state index in [1.54, 1.807) is 29.2 Å². The van der Waals surface area contributed by atoms with Crippen LogP contribution < -0.4 is 15.8 Å². The first-order chi connectivity index (χ1) is 11.0. The van der Waals surface area contributed by atoms with Crippen LogP contribution in [0, 0.1) is 0 Å². The topological polar surface area (TPSA) is 84.3 Å². The maximum absolute atomic E-state index is 12.1. The second kappa shape index (κ2) is 6.04. The van der Waals surface area contributed by atoms with Gasteiger partial charge in [-0.05, 0) is 36.8 Å². The summed E-state index contributed by atoms with van der Waals surface area (Å²) >= 11 is 0. The third-order valence-electron chi connectivity index (χ3n) is 3.70. The normalized spacial score (nSPS) is 14.1. The van der Waals surface area contributed by atoms with Crippen molar-refractivity contribution in [2.24, 2.45) is 7.05 Å². The molecule has 2 heterocycles. The molecule has 7 nitrogen and oxygen atoms in total. The van der Waals surface area contributed by atoms with Gasteiger partial charge in [-0.2, -0.15) is 5.10 Å². The van der Waals surface area contributed by atoms with Crippen LogP contribution in [-0.2, 0) is 11.8 Å². The van der Waals surface area contributed by atoms with E-state index in [-0.39, 0.29) is 17.2 Å². The van der Waals surface area contributed by atoms with E-state index in [1.807, 2.05) is 0 Å². The van der Waals surface area contributed by atoms with Crippen LogP contribution in [0.1, 0.15) is 23.3 Å². The average Bonchev–Trinajstić information content (AvgIpc) is 2.97. The first kappa shape index (κ1) is 15.0. The van der Waals surface area contributed by atoms with Gasteiger partial charge < -0.3 is 10.2 Å². The van der Waals surface area contributed by atoms with Gasteiger partial charge in [0.25, 0.3) is 11.5 Å². The number of carbonyl (C=O) groups excluding carboxylic acids is 2. The number of aromatic nitrogens is 2. The molecule has 0 saturated carbocycles. The van der Waals surface area contributed by atoms with Gasteiger partial charge in [0.05, 0.1) is 0 Å². The smallest absolute Gasteiger partial charge is 0.276 e. The monoisotopic (exact) mass is 312 g/mol. The van der Waals surface area contributed by atoms with Crippen molar-refractivity contribution < 1.29 is 9.59 Å². The van der Waals surface area contributed by atoms with Crippen molar-refractivity contribution in [3.05, 3.63) is 52.4 Å². The lowest BCUT2D eigenvalue weighted by Crippen LogP contribution is -2.24. The fourth-order valence-corrected chi connectivity index (χ4v) is 2.46. The standard InChI is InChI=1S/C16H16N4O3/c1-19-14(21)9-8-13(18-19)16(23)17-11-4-6-12(7-5-11)20-10-2-3-15(20)22/h4-9H,2-3,10H2,1H3,(H,17,23). The minimum absolute atomic E-state index is 0.121. The molecule has 23 heavy (non-hydrogen) atoms. The van der Waals surface area contributed by atoms with Gasteiger partial charge in [0.2, 0.25) is 5.91 Å². The molecule has 3 rings (SSSR count). The molecule has 1 aromatic heterocycles. The van der Waals surface area contributed by atoms with Crippen LogP contribution in [-0.4, -0.2) is 28.1 Å². The van der Waals surface area contributed by atoms with Crippen LogP contribution >= 0.6 is 0 Å². The fourth-order valence-electron chi connectivity index (χ4n) is 2.46. The van der Waals surface area contributed by atoms with E-state index in [9.17, 15) is 14.4 Å². The van der Waals surface area contributed by atoms with Gasteiger partial charge in [0.15, 0.2) is 0 Å². The predicted molar refractivity (Wildman–Crippen MR) is 85.5 cm³/mol. The van der Waals surface area contributed by atoms with E-state index in [0.717, 1.165) is 23.3 Å². The van der Waals surface area contributed by atoms with Crippen LogP contribution in [0.2, 0.25) is 0 Å². The molecule has 2 amide bonds. The number of hydrogen-bond acceptors (Lipinski definition) is 4. The van der Waals surface area contributed by atoms with Gasteiger partial charge >= 0.3 is 0 Å². The van der Waals surface area contributed by atoms with Gasteiger partial charge in [0.1, 0.15) is 5.69 Å².